The van der Waals surface area contributed by atoms with Crippen LogP contribution in [0.2, 0.25) is 0 Å². The van der Waals surface area contributed by atoms with Crippen molar-refractivity contribution in [3.8, 4) is 0 Å². The number of hydrogen-bond donors (Lipinski definition) is 2. The Kier molecular flexibility index (Phi) is 3.45. The number of amides is 2. The van der Waals surface area contributed by atoms with Gasteiger partial charge in [-0.15, -0.1) is 5.10 Å². The molecule has 0 atom stereocenters. The Balaban J connectivity index is 1.69. The first-order valence-corrected chi connectivity index (χ1v) is 6.68. The van der Waals surface area contributed by atoms with Crippen LogP contribution in [0.5, 0.6) is 0 Å². The number of aromatic nitrogens is 5. The number of nitrogens with one attached hydrogen (secondary N) is 2. The van der Waals surface area contributed by atoms with Crippen LogP contribution in [0.3, 0.4) is 0 Å². The molecule has 0 aliphatic rings. The van der Waals surface area contributed by atoms with E-state index in [1.807, 2.05) is 19.9 Å². The van der Waals surface area contributed by atoms with Crippen LogP contribution in [0.25, 0.3) is 5.78 Å². The van der Waals surface area contributed by atoms with Crippen molar-refractivity contribution in [2.24, 2.45) is 0 Å². The molecule has 9 heteroatoms. The minimum absolute atomic E-state index is 0.190. The lowest BCUT2D eigenvalue weighted by Crippen LogP contribution is -2.29. The van der Waals surface area contributed by atoms with Gasteiger partial charge in [0.1, 0.15) is 11.5 Å². The lowest BCUT2D eigenvalue weighted by atomic mass is 10.4. The first-order chi connectivity index (χ1) is 10.5. The van der Waals surface area contributed by atoms with Crippen molar-refractivity contribution in [2.75, 3.05) is 5.32 Å². The number of hydrogen-bond acceptors (Lipinski definition) is 6. The quantitative estimate of drug-likeness (QED) is 0.755. The van der Waals surface area contributed by atoms with E-state index in [1.165, 1.54) is 6.39 Å². The summed E-state index contributed by atoms with van der Waals surface area (Å²) < 4.78 is 6.63. The van der Waals surface area contributed by atoms with Crippen LogP contribution in [-0.2, 0) is 6.54 Å². The van der Waals surface area contributed by atoms with Gasteiger partial charge < -0.3 is 9.73 Å². The van der Waals surface area contributed by atoms with Gasteiger partial charge in [0.15, 0.2) is 6.39 Å². The van der Waals surface area contributed by atoms with E-state index in [1.54, 1.807) is 11.4 Å². The molecule has 0 aliphatic carbocycles. The number of oxazole rings is 1. The Hall–Kier alpha value is -2.97. The molecule has 0 fully saturated rings. The fourth-order valence-corrected chi connectivity index (χ4v) is 2.03. The number of anilines is 1. The van der Waals surface area contributed by atoms with E-state index in [4.69, 9.17) is 4.42 Å². The van der Waals surface area contributed by atoms with Gasteiger partial charge in [0.2, 0.25) is 0 Å². The van der Waals surface area contributed by atoms with Gasteiger partial charge in [-0.3, -0.25) is 5.32 Å². The molecule has 2 amide bonds. The van der Waals surface area contributed by atoms with Crippen molar-refractivity contribution in [1.82, 2.24) is 29.9 Å². The maximum atomic E-state index is 11.9. The van der Waals surface area contributed by atoms with Crippen LogP contribution < -0.4 is 10.6 Å². The number of rotatable bonds is 3. The van der Waals surface area contributed by atoms with Gasteiger partial charge in [-0.25, -0.2) is 14.8 Å². The first kappa shape index (κ1) is 14.0. The molecule has 0 spiro atoms. The monoisotopic (exact) mass is 301 g/mol. The second kappa shape index (κ2) is 5.43. The fraction of sp³-hybridized carbons (Fsp3) is 0.308. The normalized spacial score (nSPS) is 10.9. The summed E-state index contributed by atoms with van der Waals surface area (Å²) in [5.41, 5.74) is 2.41. The molecule has 0 radical (unpaired) electrons. The zero-order chi connectivity index (χ0) is 15.7. The SMILES string of the molecule is Cc1cc(C)n2nc(NC(=O)NCc3ncoc3C)nc2n1. The van der Waals surface area contributed by atoms with Crippen molar-refractivity contribution < 1.29 is 9.21 Å². The number of fused-ring (bicyclic) bond motifs is 1. The molecule has 22 heavy (non-hydrogen) atoms. The van der Waals surface area contributed by atoms with Gasteiger partial charge in [-0.1, -0.05) is 0 Å². The fourth-order valence-electron chi connectivity index (χ4n) is 2.03. The summed E-state index contributed by atoms with van der Waals surface area (Å²) in [6.07, 6.45) is 1.34. The van der Waals surface area contributed by atoms with Crippen molar-refractivity contribution in [3.05, 3.63) is 35.3 Å². The summed E-state index contributed by atoms with van der Waals surface area (Å²) >= 11 is 0. The van der Waals surface area contributed by atoms with Gasteiger partial charge in [0, 0.05) is 11.4 Å². The molecule has 3 aromatic rings. The minimum atomic E-state index is -0.423. The van der Waals surface area contributed by atoms with Crippen molar-refractivity contribution in [1.29, 1.82) is 0 Å². The van der Waals surface area contributed by atoms with Crippen LogP contribution in [-0.4, -0.2) is 30.6 Å². The summed E-state index contributed by atoms with van der Waals surface area (Å²) in [6, 6.07) is 1.46. The second-order valence-electron chi connectivity index (χ2n) is 4.85. The maximum Gasteiger partial charge on any atom is 0.321 e. The molecule has 0 saturated heterocycles. The molecular formula is C13H15N7O2. The molecule has 0 saturated carbocycles. The van der Waals surface area contributed by atoms with Gasteiger partial charge >= 0.3 is 6.03 Å². The topological polar surface area (TPSA) is 110 Å². The molecule has 0 aliphatic heterocycles. The Bertz CT molecular complexity index is 836. The number of urea groups is 1. The van der Waals surface area contributed by atoms with Gasteiger partial charge in [0.25, 0.3) is 11.7 Å². The summed E-state index contributed by atoms with van der Waals surface area (Å²) in [6.45, 7) is 5.82. The van der Waals surface area contributed by atoms with Crippen LogP contribution in [0.4, 0.5) is 10.7 Å². The van der Waals surface area contributed by atoms with E-state index in [-0.39, 0.29) is 12.5 Å². The molecule has 3 aromatic heterocycles. The highest BCUT2D eigenvalue weighted by Crippen LogP contribution is 2.08. The van der Waals surface area contributed by atoms with Crippen LogP contribution in [0.15, 0.2) is 16.9 Å². The van der Waals surface area contributed by atoms with Gasteiger partial charge in [-0.2, -0.15) is 9.50 Å². The van der Waals surface area contributed by atoms with Crippen molar-refractivity contribution >= 4 is 17.8 Å². The third-order valence-electron chi connectivity index (χ3n) is 3.10. The molecule has 0 unspecified atom stereocenters. The second-order valence-corrected chi connectivity index (χ2v) is 4.85. The van der Waals surface area contributed by atoms with Crippen LogP contribution in [0.1, 0.15) is 22.8 Å². The predicted molar refractivity (Wildman–Crippen MR) is 77.4 cm³/mol. The van der Waals surface area contributed by atoms with Gasteiger partial charge in [-0.05, 0) is 26.8 Å². The van der Waals surface area contributed by atoms with E-state index in [0.717, 1.165) is 11.4 Å². The Morgan fingerprint density at radius 1 is 1.32 bits per heavy atom. The van der Waals surface area contributed by atoms with Crippen molar-refractivity contribution in [3.63, 3.8) is 0 Å². The standard InChI is InChI=1S/C13H15N7O2/c1-7-4-8(2)20-12(16-7)17-11(19-20)18-13(21)14-5-10-9(3)22-6-15-10/h4,6H,5H2,1-3H3,(H2,14,18,19,21). The largest absolute Gasteiger partial charge is 0.448 e. The highest BCUT2D eigenvalue weighted by atomic mass is 16.3. The number of nitrogens with zero attached hydrogens (tertiary/aromatic N) is 5. The summed E-state index contributed by atoms with van der Waals surface area (Å²) in [5, 5.41) is 9.42. The molecule has 9 nitrogen and oxygen atoms in total. The number of carbonyl (C=O) groups excluding carboxylic acids is 1. The zero-order valence-corrected chi connectivity index (χ0v) is 12.4. The molecule has 3 heterocycles. The summed E-state index contributed by atoms with van der Waals surface area (Å²) in [7, 11) is 0. The molecule has 0 aromatic carbocycles. The third-order valence-corrected chi connectivity index (χ3v) is 3.10. The zero-order valence-electron chi connectivity index (χ0n) is 12.4. The molecular weight excluding hydrogens is 286 g/mol. The third kappa shape index (κ3) is 2.73. The molecule has 2 N–H and O–H groups in total. The van der Waals surface area contributed by atoms with E-state index in [2.05, 4.69) is 30.7 Å². The van der Waals surface area contributed by atoms with Crippen LogP contribution >= 0.6 is 0 Å². The predicted octanol–water partition coefficient (Wildman–Crippen LogP) is 1.36. The number of aryl methyl sites for hydroxylation is 3. The van der Waals surface area contributed by atoms with Crippen molar-refractivity contribution in [2.45, 2.75) is 27.3 Å². The van der Waals surface area contributed by atoms with Gasteiger partial charge in [0.05, 0.1) is 6.54 Å². The average Bonchev–Trinajstić information content (AvgIpc) is 3.02. The van der Waals surface area contributed by atoms with E-state index in [0.29, 0.717) is 17.2 Å². The number of carbonyl (C=O) groups is 1. The Morgan fingerprint density at radius 3 is 2.86 bits per heavy atom. The van der Waals surface area contributed by atoms with E-state index < -0.39 is 6.03 Å². The first-order valence-electron chi connectivity index (χ1n) is 6.68. The summed E-state index contributed by atoms with van der Waals surface area (Å²) in [4.78, 5) is 24.3. The lowest BCUT2D eigenvalue weighted by molar-refractivity contribution is 0.251. The molecule has 114 valence electrons. The average molecular weight is 301 g/mol. The maximum absolute atomic E-state index is 11.9. The Labute approximate surface area is 125 Å². The Morgan fingerprint density at radius 2 is 2.14 bits per heavy atom. The van der Waals surface area contributed by atoms with Crippen LogP contribution in [0, 0.1) is 20.8 Å². The van der Waals surface area contributed by atoms with E-state index >= 15 is 0 Å². The minimum Gasteiger partial charge on any atom is -0.448 e. The molecule has 3 rings (SSSR count). The van der Waals surface area contributed by atoms with E-state index in [9.17, 15) is 4.79 Å². The summed E-state index contributed by atoms with van der Waals surface area (Å²) in [5.74, 6) is 1.30. The lowest BCUT2D eigenvalue weighted by Gasteiger charge is -2.02. The smallest absolute Gasteiger partial charge is 0.321 e. The molecule has 0 bridgehead atoms. The highest BCUT2D eigenvalue weighted by Gasteiger charge is 2.11. The highest BCUT2D eigenvalue weighted by molar-refractivity contribution is 5.87.